The van der Waals surface area contributed by atoms with E-state index in [1.54, 1.807) is 0 Å². The second-order valence-electron chi connectivity index (χ2n) is 11.3. The first-order valence-corrected chi connectivity index (χ1v) is 14.1. The zero-order chi connectivity index (χ0) is 29.0. The van der Waals surface area contributed by atoms with Gasteiger partial charge in [0.2, 0.25) is 0 Å². The van der Waals surface area contributed by atoms with Crippen LogP contribution < -0.4 is 5.32 Å². The van der Waals surface area contributed by atoms with Gasteiger partial charge in [0.05, 0.1) is 11.6 Å². The molecule has 4 aromatic carbocycles. The average Bonchev–Trinajstić information content (AvgIpc) is 3.37. The van der Waals surface area contributed by atoms with Crippen molar-refractivity contribution in [2.24, 2.45) is 0 Å². The van der Waals surface area contributed by atoms with Crippen molar-refractivity contribution in [1.29, 1.82) is 0 Å². The first kappa shape index (κ1) is 27.9. The second-order valence-corrected chi connectivity index (χ2v) is 11.3. The lowest BCUT2D eigenvalue weighted by Crippen LogP contribution is -2.28. The molecule has 1 N–H and O–H groups in total. The Balaban J connectivity index is 1.31. The molecule has 5 heteroatoms. The predicted octanol–water partition coefficient (Wildman–Crippen LogP) is 8.19. The average molecular weight is 545 g/mol. The zero-order valence-electron chi connectivity index (χ0n) is 24.1. The highest BCUT2D eigenvalue weighted by atomic mass is 16.6. The van der Waals surface area contributed by atoms with Crippen molar-refractivity contribution in [3.05, 3.63) is 132 Å². The Labute approximate surface area is 241 Å². The molecule has 0 bridgehead atoms. The number of carbonyl (C=O) groups excluding carboxylic acids is 2. The highest BCUT2D eigenvalue weighted by Crippen LogP contribution is 2.27. The summed E-state index contributed by atoms with van der Waals surface area (Å²) in [5.74, 6) is -0.396. The molecule has 5 aromatic rings. The lowest BCUT2D eigenvalue weighted by atomic mass is 9.98. The normalized spacial score (nSPS) is 12.2. The number of esters is 1. The molecule has 5 rings (SSSR count). The number of rotatable bonds is 8. The number of nitrogens with zero attached hydrogens (tertiary/aromatic N) is 1. The molecule has 0 saturated carbocycles. The van der Waals surface area contributed by atoms with Crippen LogP contribution in [0.15, 0.2) is 109 Å². The first-order chi connectivity index (χ1) is 19.7. The minimum Gasteiger partial charge on any atom is -0.456 e. The Hall–Kier alpha value is -4.64. The van der Waals surface area contributed by atoms with E-state index in [9.17, 15) is 9.59 Å². The van der Waals surface area contributed by atoms with E-state index < -0.39 is 5.60 Å². The largest absolute Gasteiger partial charge is 0.456 e. The number of aromatic nitrogens is 1. The Morgan fingerprint density at radius 3 is 2.27 bits per heavy atom. The third kappa shape index (κ3) is 6.58. The minimum atomic E-state index is -0.557. The Morgan fingerprint density at radius 2 is 1.56 bits per heavy atom. The fourth-order valence-electron chi connectivity index (χ4n) is 5.06. The van der Waals surface area contributed by atoms with E-state index in [2.05, 4.69) is 35.1 Å². The summed E-state index contributed by atoms with van der Waals surface area (Å²) >= 11 is 0. The van der Waals surface area contributed by atoms with Gasteiger partial charge in [0.1, 0.15) is 5.60 Å². The van der Waals surface area contributed by atoms with Crippen molar-refractivity contribution in [3.8, 4) is 11.1 Å². The van der Waals surface area contributed by atoms with Crippen molar-refractivity contribution in [2.75, 3.05) is 0 Å². The molecule has 1 atom stereocenters. The fraction of sp³-hybridized carbons (Fsp3) is 0.222. The molecule has 1 aromatic heterocycles. The highest BCUT2D eigenvalue weighted by Gasteiger charge is 2.21. The lowest BCUT2D eigenvalue weighted by molar-refractivity contribution is 0.00703. The summed E-state index contributed by atoms with van der Waals surface area (Å²) in [5.41, 5.74) is 5.77. The summed E-state index contributed by atoms with van der Waals surface area (Å²) in [6.45, 7) is 8.38. The van der Waals surface area contributed by atoms with Crippen LogP contribution in [-0.4, -0.2) is 22.0 Å². The van der Waals surface area contributed by atoms with Crippen LogP contribution in [0.25, 0.3) is 22.0 Å². The molecular weight excluding hydrogens is 508 g/mol. The van der Waals surface area contributed by atoms with Crippen molar-refractivity contribution >= 4 is 22.8 Å². The van der Waals surface area contributed by atoms with E-state index in [1.165, 1.54) is 0 Å². The van der Waals surface area contributed by atoms with E-state index >= 15 is 0 Å². The summed E-state index contributed by atoms with van der Waals surface area (Å²) in [6, 6.07) is 33.8. The predicted molar refractivity (Wildman–Crippen MR) is 165 cm³/mol. The third-order valence-corrected chi connectivity index (χ3v) is 7.11. The van der Waals surface area contributed by atoms with Crippen molar-refractivity contribution < 1.29 is 14.3 Å². The van der Waals surface area contributed by atoms with E-state index in [4.69, 9.17) is 4.74 Å². The molecule has 1 heterocycles. The molecule has 0 spiro atoms. The van der Waals surface area contributed by atoms with Gasteiger partial charge in [-0.15, -0.1) is 0 Å². The van der Waals surface area contributed by atoms with Gasteiger partial charge in [0, 0.05) is 29.2 Å². The maximum Gasteiger partial charge on any atom is 0.339 e. The van der Waals surface area contributed by atoms with Gasteiger partial charge < -0.3 is 14.6 Å². The summed E-state index contributed by atoms with van der Waals surface area (Å²) in [5, 5.41) is 4.20. The molecule has 5 nitrogen and oxygen atoms in total. The molecule has 208 valence electrons. The zero-order valence-corrected chi connectivity index (χ0v) is 24.1. The molecule has 0 aliphatic rings. The summed E-state index contributed by atoms with van der Waals surface area (Å²) in [4.78, 5) is 25.9. The van der Waals surface area contributed by atoms with Crippen molar-refractivity contribution in [3.63, 3.8) is 0 Å². The van der Waals surface area contributed by atoms with Gasteiger partial charge in [0.25, 0.3) is 5.91 Å². The topological polar surface area (TPSA) is 60.3 Å². The molecule has 41 heavy (non-hydrogen) atoms. The molecule has 0 fully saturated rings. The second kappa shape index (κ2) is 11.8. The number of carbonyl (C=O) groups is 2. The maximum absolute atomic E-state index is 13.1. The van der Waals surface area contributed by atoms with Gasteiger partial charge in [-0.25, -0.2) is 4.79 Å². The number of benzene rings is 4. The SMILES string of the molecule is CCC(NC(=O)c1ccc2c(ccn2Cc2ccc(-c3ccccc3C(=O)OC(C)(C)C)cc2)c1)c1ccccc1. The van der Waals surface area contributed by atoms with Crippen molar-refractivity contribution in [2.45, 2.75) is 52.3 Å². The molecule has 1 amide bonds. The minimum absolute atomic E-state index is 0.0249. The van der Waals surface area contributed by atoms with Gasteiger partial charge in [0.15, 0.2) is 0 Å². The number of hydrogen-bond donors (Lipinski definition) is 1. The third-order valence-electron chi connectivity index (χ3n) is 7.11. The number of fused-ring (bicyclic) bond motifs is 1. The maximum atomic E-state index is 13.1. The monoisotopic (exact) mass is 544 g/mol. The van der Waals surface area contributed by atoms with Crippen LogP contribution in [0.3, 0.4) is 0 Å². The van der Waals surface area contributed by atoms with E-state index in [0.717, 1.165) is 39.6 Å². The summed E-state index contributed by atoms with van der Waals surface area (Å²) in [7, 11) is 0. The standard InChI is InChI=1S/C36H36N2O3/c1-5-32(27-11-7-6-8-12-27)37-34(39)29-19-20-33-28(23-29)21-22-38(33)24-25-15-17-26(18-16-25)30-13-9-10-14-31(30)35(40)41-36(2,3)4/h6-23,32H,5,24H2,1-4H3,(H,37,39). The van der Waals surface area contributed by atoms with Crippen molar-refractivity contribution in [1.82, 2.24) is 9.88 Å². The highest BCUT2D eigenvalue weighted by molar-refractivity contribution is 5.99. The summed E-state index contributed by atoms with van der Waals surface area (Å²) in [6.07, 6.45) is 2.87. The smallest absolute Gasteiger partial charge is 0.339 e. The number of ether oxygens (including phenoxy) is 1. The molecule has 1 unspecified atom stereocenters. The molecule has 0 aliphatic carbocycles. The Morgan fingerprint density at radius 1 is 0.854 bits per heavy atom. The molecule has 0 saturated heterocycles. The Kier molecular flexibility index (Phi) is 8.06. The number of amides is 1. The molecule has 0 aliphatic heterocycles. The van der Waals surface area contributed by atoms with Gasteiger partial charge in [-0.05, 0) is 79.8 Å². The van der Waals surface area contributed by atoms with Crippen LogP contribution in [0.1, 0.15) is 72.0 Å². The molecule has 0 radical (unpaired) electrons. The van der Waals surface area contributed by atoms with E-state index in [0.29, 0.717) is 17.7 Å². The molecular formula is C36H36N2O3. The van der Waals surface area contributed by atoms with Gasteiger partial charge in [-0.3, -0.25) is 4.79 Å². The van der Waals surface area contributed by atoms with Crippen LogP contribution in [0.4, 0.5) is 0 Å². The van der Waals surface area contributed by atoms with E-state index in [-0.39, 0.29) is 17.9 Å². The fourth-order valence-corrected chi connectivity index (χ4v) is 5.06. The first-order valence-electron chi connectivity index (χ1n) is 14.1. The lowest BCUT2D eigenvalue weighted by Gasteiger charge is -2.20. The van der Waals surface area contributed by atoms with Gasteiger partial charge in [-0.2, -0.15) is 0 Å². The van der Waals surface area contributed by atoms with Crippen LogP contribution in [0, 0.1) is 0 Å². The Bertz CT molecular complexity index is 1660. The van der Waals surface area contributed by atoms with Crippen LogP contribution in [0.5, 0.6) is 0 Å². The van der Waals surface area contributed by atoms with E-state index in [1.807, 2.05) is 112 Å². The van der Waals surface area contributed by atoms with Gasteiger partial charge >= 0.3 is 5.97 Å². The van der Waals surface area contributed by atoms with Gasteiger partial charge in [-0.1, -0.05) is 79.7 Å². The van der Waals surface area contributed by atoms with Crippen LogP contribution in [0.2, 0.25) is 0 Å². The summed E-state index contributed by atoms with van der Waals surface area (Å²) < 4.78 is 7.80. The number of nitrogens with one attached hydrogen (secondary N) is 1. The van der Waals surface area contributed by atoms with Crippen LogP contribution in [-0.2, 0) is 11.3 Å². The quantitative estimate of drug-likeness (QED) is 0.200. The number of hydrogen-bond acceptors (Lipinski definition) is 3. The van der Waals surface area contributed by atoms with Crippen LogP contribution >= 0.6 is 0 Å².